The van der Waals surface area contributed by atoms with Crippen molar-refractivity contribution in [2.45, 2.75) is 90.0 Å². The van der Waals surface area contributed by atoms with Crippen LogP contribution >= 0.6 is 29.4 Å². The number of aryl methyl sites for hydroxylation is 2. The molecule has 4 bridgehead atoms. The van der Waals surface area contributed by atoms with Gasteiger partial charge in [0.15, 0.2) is 34.8 Å². The molecule has 3 saturated heterocycles. The van der Waals surface area contributed by atoms with Crippen LogP contribution in [0.1, 0.15) is 63.7 Å². The minimum absolute atomic E-state index is 0. The third-order valence-corrected chi connectivity index (χ3v) is 15.5. The summed E-state index contributed by atoms with van der Waals surface area (Å²) >= 11 is 3.35. The molecule has 13 heterocycles. The molecule has 4 amide bonds. The van der Waals surface area contributed by atoms with Crippen LogP contribution in [0.25, 0.3) is 33.8 Å². The molecule has 0 radical (unpaired) electrons. The number of pyridine rings is 6. The molecule has 85 heavy (non-hydrogen) atoms. The molecule has 2 N–H and O–H groups in total. The topological polar surface area (TPSA) is 219 Å². The average Bonchev–Trinajstić information content (AvgIpc) is 2.11. The number of carbonyl (C=O) groups is 2. The first-order chi connectivity index (χ1) is 39.9. The van der Waals surface area contributed by atoms with Crippen LogP contribution in [0.5, 0.6) is 0 Å². The van der Waals surface area contributed by atoms with Gasteiger partial charge in [-0.1, -0.05) is 15.9 Å². The molecule has 13 rings (SSSR count). The van der Waals surface area contributed by atoms with Crippen molar-refractivity contribution < 1.29 is 54.1 Å². The molecule has 0 aromatic carbocycles. The van der Waals surface area contributed by atoms with Gasteiger partial charge in [-0.2, -0.15) is 39.8 Å². The van der Waals surface area contributed by atoms with Crippen LogP contribution in [0.3, 0.4) is 0 Å². The summed E-state index contributed by atoms with van der Waals surface area (Å²) in [4.78, 5) is 66.8. The number of urea groups is 2. The molecule has 20 nitrogen and oxygen atoms in total. The third kappa shape index (κ3) is 12.6. The van der Waals surface area contributed by atoms with E-state index in [-0.39, 0.29) is 47.9 Å². The van der Waals surface area contributed by atoms with Crippen molar-refractivity contribution in [1.29, 1.82) is 0 Å². The number of amides is 4. The summed E-state index contributed by atoms with van der Waals surface area (Å²) in [7, 11) is -0.448. The number of hydrogen-bond acceptors (Lipinski definition) is 16. The summed E-state index contributed by atoms with van der Waals surface area (Å²) in [6.07, 6.45) is 0.945. The number of oxazole rings is 2. The lowest BCUT2D eigenvalue weighted by Gasteiger charge is -2.35. The molecule has 3 fully saturated rings. The summed E-state index contributed by atoms with van der Waals surface area (Å²) in [5.41, 5.74) is 1.36. The highest BCUT2D eigenvalue weighted by molar-refractivity contribution is 9.10. The lowest BCUT2D eigenvalue weighted by molar-refractivity contribution is -0.141. The van der Waals surface area contributed by atoms with Crippen LogP contribution < -0.4 is 35.9 Å². The first-order valence-electron chi connectivity index (χ1n) is 26.5. The van der Waals surface area contributed by atoms with Crippen molar-refractivity contribution in [3.8, 4) is 33.8 Å². The van der Waals surface area contributed by atoms with Gasteiger partial charge in [-0.3, -0.25) is 30.4 Å². The lowest BCUT2D eigenvalue weighted by atomic mass is 9.87. The molecule has 442 valence electrons. The van der Waals surface area contributed by atoms with Gasteiger partial charge in [0.25, 0.3) is 0 Å². The second-order valence-corrected chi connectivity index (χ2v) is 22.1. The van der Waals surface area contributed by atoms with Crippen LogP contribution in [0.4, 0.5) is 70.6 Å². The van der Waals surface area contributed by atoms with Crippen molar-refractivity contribution in [1.82, 2.24) is 39.9 Å². The Morgan fingerprint density at radius 3 is 1.52 bits per heavy atom. The summed E-state index contributed by atoms with van der Waals surface area (Å²) in [6, 6.07) is 17.6. The molecule has 0 spiro atoms. The van der Waals surface area contributed by atoms with E-state index in [0.717, 1.165) is 66.3 Å². The van der Waals surface area contributed by atoms with E-state index in [1.54, 1.807) is 97.0 Å². The second kappa shape index (κ2) is 23.4. The zero-order valence-corrected chi connectivity index (χ0v) is 48.9. The molecule has 0 saturated carbocycles. The Kier molecular flexibility index (Phi) is 16.5. The highest BCUT2D eigenvalue weighted by atomic mass is 79.9. The largest absolute Gasteiger partial charge is 0.534 e. The molecule has 5 aliphatic rings. The number of halogens is 7. The Morgan fingerprint density at radius 2 is 1.06 bits per heavy atom. The van der Waals surface area contributed by atoms with E-state index in [4.69, 9.17) is 18.1 Å². The van der Waals surface area contributed by atoms with E-state index >= 15 is 0 Å². The number of anilines is 6. The highest BCUT2D eigenvalue weighted by Gasteiger charge is 2.53. The van der Waals surface area contributed by atoms with E-state index in [2.05, 4.69) is 76.2 Å². The van der Waals surface area contributed by atoms with Crippen LogP contribution in [-0.2, 0) is 21.7 Å². The van der Waals surface area contributed by atoms with Crippen LogP contribution in [0.15, 0.2) is 123 Å². The number of aromatic nitrogens is 8. The SMILES string of the molecule is Cc1ncc(-c2ccnc(NC(=O)N3c4nc(-c5ccnc(C(F)(F)F)c5)ccc4N4CC[C@H]3C4)c2)o1.Cc1ncc(B2OC(C)(C)C(C)(C)O2)o1.O=C(Nc1cc(Br)ccn1)N1c2nc(-c3ccnc(C(F)(F)F)c3)ccc2N2CC[C@H]1C2.S. The number of nitrogens with zero attached hydrogens (tertiary/aromatic N) is 12. The fraction of sp³-hybridized carbons (Fsp3) is 0.321. The minimum Gasteiger partial charge on any atom is -0.450 e. The summed E-state index contributed by atoms with van der Waals surface area (Å²) < 4.78 is 102. The first-order valence-corrected chi connectivity index (χ1v) is 27.2. The van der Waals surface area contributed by atoms with Gasteiger partial charge in [-0.25, -0.2) is 39.5 Å². The van der Waals surface area contributed by atoms with Crippen molar-refractivity contribution in [3.05, 3.63) is 138 Å². The average molecular weight is 1260 g/mol. The van der Waals surface area contributed by atoms with Gasteiger partial charge >= 0.3 is 31.5 Å². The molecular weight excluding hydrogens is 1200 g/mol. The maximum Gasteiger partial charge on any atom is 0.534 e. The smallest absolute Gasteiger partial charge is 0.450 e. The molecule has 0 aliphatic carbocycles. The molecule has 29 heteroatoms. The number of rotatable bonds is 6. The Bertz CT molecular complexity index is 3780. The predicted octanol–water partition coefficient (Wildman–Crippen LogP) is 11.5. The van der Waals surface area contributed by atoms with Gasteiger partial charge in [0.1, 0.15) is 23.0 Å². The lowest BCUT2D eigenvalue weighted by Crippen LogP contribution is -2.48. The third-order valence-electron chi connectivity index (χ3n) is 15.0. The van der Waals surface area contributed by atoms with E-state index in [1.807, 2.05) is 27.7 Å². The van der Waals surface area contributed by atoms with Crippen molar-refractivity contribution in [2.75, 3.05) is 56.4 Å². The van der Waals surface area contributed by atoms with Crippen LogP contribution in [-0.4, -0.2) is 109 Å². The number of nitrogens with one attached hydrogen (secondary N) is 2. The quantitative estimate of drug-likeness (QED) is 0.117. The maximum atomic E-state index is 13.5. The fourth-order valence-electron chi connectivity index (χ4n) is 10.2. The zero-order chi connectivity index (χ0) is 59.5. The van der Waals surface area contributed by atoms with Crippen LogP contribution in [0, 0.1) is 13.8 Å². The molecule has 0 unspecified atom stereocenters. The molecule has 5 aliphatic heterocycles. The summed E-state index contributed by atoms with van der Waals surface area (Å²) in [5, 5.41) is 5.63. The monoisotopic (exact) mass is 1250 g/mol. The normalized spacial score (nSPS) is 17.9. The van der Waals surface area contributed by atoms with E-state index in [0.29, 0.717) is 76.5 Å². The van der Waals surface area contributed by atoms with Gasteiger partial charge < -0.3 is 27.9 Å². The molecule has 2 atom stereocenters. The summed E-state index contributed by atoms with van der Waals surface area (Å²) in [5.74, 6) is 3.19. The summed E-state index contributed by atoms with van der Waals surface area (Å²) in [6.45, 7) is 14.4. The number of fused-ring (bicyclic) bond motifs is 8. The Labute approximate surface area is 498 Å². The van der Waals surface area contributed by atoms with E-state index in [9.17, 15) is 35.9 Å². The number of alkyl halides is 6. The first kappa shape index (κ1) is 60.0. The van der Waals surface area contributed by atoms with Gasteiger partial charge in [-0.05, 0) is 113 Å². The zero-order valence-electron chi connectivity index (χ0n) is 46.3. The van der Waals surface area contributed by atoms with Crippen molar-refractivity contribution in [3.63, 3.8) is 0 Å². The standard InChI is InChI=1S/C25H20F3N7O2.C21H16BrF3N6O.C10H16BNO3.H2S/c1-14-31-12-20(37-14)16-5-8-30-22(11-16)33-24(36)35-17-6-9-34(13-17)19-3-2-18(32-23(19)35)15-4-7-29-21(10-15)25(26,27)28;22-13-4-7-27-18(10-13)29-20(32)31-14-5-8-30(11-14)16-2-1-15(28-19(16)31)12-3-6-26-17(9-12)21(23,24)25;1-7-12-6-8(13-7)11-14-9(2,3)10(4,5)15-11;/h2-5,7-8,10-12,17H,6,9,13H2,1H3,(H,30,33,36);1-4,6-7,9-10,14H,5,8,11H2,(H,27,29,32);6H,1-5H3;1H2/t17-;14-;;/m00../s1. The van der Waals surface area contributed by atoms with Gasteiger partial charge in [0.05, 0.1) is 58.4 Å². The van der Waals surface area contributed by atoms with Gasteiger partial charge in [0, 0.05) is 86.0 Å². The molecule has 8 aromatic heterocycles. The minimum atomic E-state index is -4.58. The van der Waals surface area contributed by atoms with E-state index in [1.165, 1.54) is 12.1 Å². The number of hydrogen-bond donors (Lipinski definition) is 2. The fourth-order valence-corrected chi connectivity index (χ4v) is 10.5. The van der Waals surface area contributed by atoms with Gasteiger partial charge in [0.2, 0.25) is 0 Å². The second-order valence-electron chi connectivity index (χ2n) is 21.2. The van der Waals surface area contributed by atoms with Crippen molar-refractivity contribution in [2.24, 2.45) is 0 Å². The Hall–Kier alpha value is -8.15. The highest BCUT2D eigenvalue weighted by Crippen LogP contribution is 2.43. The Morgan fingerprint density at radius 1 is 0.600 bits per heavy atom. The molecular formula is C56H54BBrF6N14O6S. The molecule has 8 aromatic rings. The van der Waals surface area contributed by atoms with Crippen LogP contribution in [0.2, 0.25) is 0 Å². The van der Waals surface area contributed by atoms with Gasteiger partial charge in [-0.15, -0.1) is 0 Å². The number of carbonyl (C=O) groups excluding carboxylic acids is 2. The van der Waals surface area contributed by atoms with E-state index < -0.39 is 42.9 Å². The predicted molar refractivity (Wildman–Crippen MR) is 313 cm³/mol. The van der Waals surface area contributed by atoms with Crippen molar-refractivity contribution >= 4 is 88.9 Å². The maximum absolute atomic E-state index is 13.5. The Balaban J connectivity index is 0.000000152.